The van der Waals surface area contributed by atoms with Crippen molar-refractivity contribution in [2.24, 2.45) is 0 Å². The molecule has 1 saturated carbocycles. The Balaban J connectivity index is 1.61. The van der Waals surface area contributed by atoms with E-state index in [1.165, 1.54) is 50.9 Å². The van der Waals surface area contributed by atoms with E-state index in [0.29, 0.717) is 6.04 Å². The number of nitrogens with one attached hydrogen (secondary N) is 1. The summed E-state index contributed by atoms with van der Waals surface area (Å²) in [7, 11) is 0. The molecule has 106 valence electrons. The molecule has 2 aliphatic rings. The highest BCUT2D eigenvalue weighted by Crippen LogP contribution is 2.29. The van der Waals surface area contributed by atoms with Crippen molar-refractivity contribution < 1.29 is 0 Å². The topological polar surface area (TPSA) is 33.1 Å². The van der Waals surface area contributed by atoms with Gasteiger partial charge in [0.1, 0.15) is 0 Å². The van der Waals surface area contributed by atoms with Gasteiger partial charge in [0, 0.05) is 37.9 Å². The lowest BCUT2D eigenvalue weighted by atomic mass is 10.2. The number of aryl methyl sites for hydroxylation is 1. The lowest BCUT2D eigenvalue weighted by molar-refractivity contribution is 0.225. The van der Waals surface area contributed by atoms with Crippen LogP contribution < -0.4 is 5.32 Å². The number of rotatable bonds is 7. The molecule has 1 N–H and O–H groups in total. The fourth-order valence-corrected chi connectivity index (χ4v) is 3.11. The van der Waals surface area contributed by atoms with Gasteiger partial charge >= 0.3 is 0 Å². The molecular formula is C15H26N4. The molecule has 1 unspecified atom stereocenters. The van der Waals surface area contributed by atoms with Gasteiger partial charge in [0.25, 0.3) is 0 Å². The van der Waals surface area contributed by atoms with Gasteiger partial charge in [-0.1, -0.05) is 6.92 Å². The summed E-state index contributed by atoms with van der Waals surface area (Å²) in [4.78, 5) is 7.00. The van der Waals surface area contributed by atoms with Crippen molar-refractivity contribution in [3.8, 4) is 0 Å². The molecule has 4 heteroatoms. The second-order valence-corrected chi connectivity index (χ2v) is 6.03. The van der Waals surface area contributed by atoms with E-state index in [1.54, 1.807) is 0 Å². The number of aromatic nitrogens is 2. The molecule has 1 aliphatic carbocycles. The minimum absolute atomic E-state index is 0.711. The molecule has 1 atom stereocenters. The molecule has 3 rings (SSSR count). The minimum Gasteiger partial charge on any atom is -0.333 e. The zero-order chi connectivity index (χ0) is 13.1. The van der Waals surface area contributed by atoms with Crippen LogP contribution in [-0.2, 0) is 13.1 Å². The maximum Gasteiger partial charge on any atom is 0.0948 e. The molecule has 0 aromatic carbocycles. The van der Waals surface area contributed by atoms with E-state index < -0.39 is 0 Å². The van der Waals surface area contributed by atoms with Crippen LogP contribution in [0.15, 0.2) is 12.5 Å². The van der Waals surface area contributed by atoms with Crippen LogP contribution >= 0.6 is 0 Å². The van der Waals surface area contributed by atoms with E-state index in [-0.39, 0.29) is 0 Å². The predicted octanol–water partition coefficient (Wildman–Crippen LogP) is 2.01. The van der Waals surface area contributed by atoms with Crippen molar-refractivity contribution in [3.05, 3.63) is 18.2 Å². The number of hydrogen-bond acceptors (Lipinski definition) is 3. The van der Waals surface area contributed by atoms with Crippen LogP contribution in [0.1, 0.15) is 44.7 Å². The van der Waals surface area contributed by atoms with Crippen LogP contribution in [0, 0.1) is 0 Å². The van der Waals surface area contributed by atoms with Crippen LogP contribution in [0.25, 0.3) is 0 Å². The van der Waals surface area contributed by atoms with Crippen molar-refractivity contribution in [2.75, 3.05) is 13.1 Å². The summed E-state index contributed by atoms with van der Waals surface area (Å²) in [6, 6.07) is 1.54. The Kier molecular flexibility index (Phi) is 4.18. The minimum atomic E-state index is 0.711. The largest absolute Gasteiger partial charge is 0.333 e. The highest BCUT2D eigenvalue weighted by molar-refractivity contribution is 5.01. The first-order valence-electron chi connectivity index (χ1n) is 7.83. The van der Waals surface area contributed by atoms with Crippen LogP contribution in [-0.4, -0.2) is 39.6 Å². The zero-order valence-electron chi connectivity index (χ0n) is 12.0. The number of nitrogens with zero attached hydrogens (tertiary/aromatic N) is 3. The van der Waals surface area contributed by atoms with Crippen molar-refractivity contribution in [1.82, 2.24) is 19.8 Å². The molecule has 19 heavy (non-hydrogen) atoms. The van der Waals surface area contributed by atoms with E-state index >= 15 is 0 Å². The highest BCUT2D eigenvalue weighted by atomic mass is 15.2. The molecule has 2 fully saturated rings. The Bertz CT molecular complexity index is 391. The maximum atomic E-state index is 4.33. The van der Waals surface area contributed by atoms with Crippen LogP contribution in [0.5, 0.6) is 0 Å². The average Bonchev–Trinajstić information content (AvgIpc) is 2.96. The smallest absolute Gasteiger partial charge is 0.0948 e. The summed E-state index contributed by atoms with van der Waals surface area (Å²) in [6.45, 7) is 6.81. The van der Waals surface area contributed by atoms with Gasteiger partial charge < -0.3 is 9.88 Å². The van der Waals surface area contributed by atoms with Gasteiger partial charge in [-0.3, -0.25) is 4.90 Å². The standard InChI is InChI=1S/C15H26N4/c1-2-8-18-12-16-9-15(18)11-19(14-5-6-14)10-13-4-3-7-17-13/h9,12-14,17H,2-8,10-11H2,1H3. The molecule has 1 saturated heterocycles. The lowest BCUT2D eigenvalue weighted by Crippen LogP contribution is -2.38. The summed E-state index contributed by atoms with van der Waals surface area (Å²) in [5.41, 5.74) is 1.38. The lowest BCUT2D eigenvalue weighted by Gasteiger charge is -2.25. The number of hydrogen-bond donors (Lipinski definition) is 1. The molecule has 0 amide bonds. The van der Waals surface area contributed by atoms with E-state index in [2.05, 4.69) is 26.7 Å². The summed E-state index contributed by atoms with van der Waals surface area (Å²) in [6.07, 6.45) is 10.7. The van der Waals surface area contributed by atoms with Crippen LogP contribution in [0.3, 0.4) is 0 Å². The molecule has 2 heterocycles. The van der Waals surface area contributed by atoms with Gasteiger partial charge in [0.15, 0.2) is 0 Å². The average molecular weight is 262 g/mol. The summed E-state index contributed by atoms with van der Waals surface area (Å²) in [5.74, 6) is 0. The van der Waals surface area contributed by atoms with Crippen molar-refractivity contribution >= 4 is 0 Å². The predicted molar refractivity (Wildman–Crippen MR) is 77.0 cm³/mol. The molecule has 0 spiro atoms. The Hall–Kier alpha value is -0.870. The first-order chi connectivity index (χ1) is 9.36. The summed E-state index contributed by atoms with van der Waals surface area (Å²) >= 11 is 0. The Morgan fingerprint density at radius 2 is 2.32 bits per heavy atom. The van der Waals surface area contributed by atoms with Crippen LogP contribution in [0.4, 0.5) is 0 Å². The van der Waals surface area contributed by atoms with Gasteiger partial charge in [-0.15, -0.1) is 0 Å². The fourth-order valence-electron chi connectivity index (χ4n) is 3.11. The number of imidazole rings is 1. The normalized spacial score (nSPS) is 23.4. The fraction of sp³-hybridized carbons (Fsp3) is 0.800. The first-order valence-corrected chi connectivity index (χ1v) is 7.83. The maximum absolute atomic E-state index is 4.33. The Labute approximate surface area is 116 Å². The third-order valence-corrected chi connectivity index (χ3v) is 4.31. The van der Waals surface area contributed by atoms with E-state index in [9.17, 15) is 0 Å². The quantitative estimate of drug-likeness (QED) is 0.816. The van der Waals surface area contributed by atoms with Crippen molar-refractivity contribution in [1.29, 1.82) is 0 Å². The third-order valence-electron chi connectivity index (χ3n) is 4.31. The SMILES string of the molecule is CCCn1cncc1CN(CC1CCCN1)C1CC1. The molecule has 0 bridgehead atoms. The molecule has 4 nitrogen and oxygen atoms in total. The molecule has 1 aromatic rings. The monoisotopic (exact) mass is 262 g/mol. The molecular weight excluding hydrogens is 236 g/mol. The van der Waals surface area contributed by atoms with E-state index in [0.717, 1.165) is 19.1 Å². The Morgan fingerprint density at radius 1 is 1.42 bits per heavy atom. The van der Waals surface area contributed by atoms with Gasteiger partial charge in [-0.2, -0.15) is 0 Å². The molecule has 1 aromatic heterocycles. The van der Waals surface area contributed by atoms with Crippen LogP contribution in [0.2, 0.25) is 0 Å². The second kappa shape index (κ2) is 6.06. The van der Waals surface area contributed by atoms with Crippen molar-refractivity contribution in [3.63, 3.8) is 0 Å². The van der Waals surface area contributed by atoms with E-state index in [1.807, 2.05) is 12.5 Å². The zero-order valence-corrected chi connectivity index (χ0v) is 12.0. The van der Waals surface area contributed by atoms with Gasteiger partial charge in [0.2, 0.25) is 0 Å². The van der Waals surface area contributed by atoms with Crippen molar-refractivity contribution in [2.45, 2.75) is 64.2 Å². The van der Waals surface area contributed by atoms with Gasteiger partial charge in [0.05, 0.1) is 12.0 Å². The molecule has 1 aliphatic heterocycles. The van der Waals surface area contributed by atoms with E-state index in [4.69, 9.17) is 0 Å². The Morgan fingerprint density at radius 3 is 3.00 bits per heavy atom. The van der Waals surface area contributed by atoms with Gasteiger partial charge in [-0.25, -0.2) is 4.98 Å². The third kappa shape index (κ3) is 3.37. The second-order valence-electron chi connectivity index (χ2n) is 6.03. The van der Waals surface area contributed by atoms with Gasteiger partial charge in [-0.05, 0) is 38.6 Å². The highest BCUT2D eigenvalue weighted by Gasteiger charge is 2.31. The first kappa shape index (κ1) is 13.1. The summed E-state index contributed by atoms with van der Waals surface area (Å²) in [5, 5.41) is 3.62. The summed E-state index contributed by atoms with van der Waals surface area (Å²) < 4.78 is 2.32. The molecule has 0 radical (unpaired) electrons.